The molecule has 1 atom stereocenters. The number of alkyl halides is 3. The predicted octanol–water partition coefficient (Wildman–Crippen LogP) is 4.50. The molecule has 0 heterocycles. The summed E-state index contributed by atoms with van der Waals surface area (Å²) in [7, 11) is 0. The molecule has 0 aliphatic carbocycles. The van der Waals surface area contributed by atoms with E-state index < -0.39 is 9.96 Å². The summed E-state index contributed by atoms with van der Waals surface area (Å²) in [4.78, 5) is 11.9. The molecule has 1 aromatic carbocycles. The van der Waals surface area contributed by atoms with Gasteiger partial charge in [-0.1, -0.05) is 54.6 Å². The van der Waals surface area contributed by atoms with E-state index in [-0.39, 0.29) is 16.8 Å². The monoisotopic (exact) mass is 413 g/mol. The first-order valence-corrected chi connectivity index (χ1v) is 8.95. The van der Waals surface area contributed by atoms with Crippen LogP contribution < -0.4 is 16.0 Å². The van der Waals surface area contributed by atoms with Gasteiger partial charge in [0.1, 0.15) is 12.0 Å². The van der Waals surface area contributed by atoms with Gasteiger partial charge in [-0.25, -0.2) is 4.39 Å². The summed E-state index contributed by atoms with van der Waals surface area (Å²) in [6, 6.07) is 5.59. The molecule has 0 fully saturated rings. The fourth-order valence-electron chi connectivity index (χ4n) is 1.80. The molecule has 0 spiro atoms. The molecule has 24 heavy (non-hydrogen) atoms. The quantitative estimate of drug-likeness (QED) is 0.266. The van der Waals surface area contributed by atoms with Crippen molar-refractivity contribution in [3.05, 3.63) is 30.1 Å². The highest BCUT2D eigenvalue weighted by atomic mass is 35.6. The second-order valence-corrected chi connectivity index (χ2v) is 7.88. The standard InChI is InChI=1S/C15H19Cl3FN3OS/c1-2-3-4-5-12(23)21-13(15(16,17)18)22-14(24)20-11-8-6-10(19)7-9-11/h6-9,13H,2-5H2,1H3,(H,21,23)(H2,20,22,24). The lowest BCUT2D eigenvalue weighted by Gasteiger charge is -2.27. The van der Waals surface area contributed by atoms with Crippen molar-refractivity contribution in [3.63, 3.8) is 0 Å². The summed E-state index contributed by atoms with van der Waals surface area (Å²) in [6.07, 6.45) is 2.05. The van der Waals surface area contributed by atoms with Crippen LogP contribution in [-0.4, -0.2) is 21.0 Å². The second-order valence-electron chi connectivity index (χ2n) is 5.10. The minimum Gasteiger partial charge on any atom is -0.339 e. The first-order valence-electron chi connectivity index (χ1n) is 7.41. The zero-order valence-corrected chi connectivity index (χ0v) is 16.1. The fourth-order valence-corrected chi connectivity index (χ4v) is 2.36. The highest BCUT2D eigenvalue weighted by molar-refractivity contribution is 7.80. The number of anilines is 1. The van der Waals surface area contributed by atoms with Gasteiger partial charge >= 0.3 is 0 Å². The number of unbranched alkanes of at least 4 members (excludes halogenated alkanes) is 2. The van der Waals surface area contributed by atoms with Crippen LogP contribution in [0.4, 0.5) is 10.1 Å². The zero-order valence-electron chi connectivity index (χ0n) is 13.0. The van der Waals surface area contributed by atoms with Gasteiger partial charge in [-0.3, -0.25) is 4.79 Å². The number of nitrogens with one attached hydrogen (secondary N) is 3. The topological polar surface area (TPSA) is 53.2 Å². The SMILES string of the molecule is CCCCCC(=O)NC(NC(=S)Nc1ccc(F)cc1)C(Cl)(Cl)Cl. The largest absolute Gasteiger partial charge is 0.339 e. The van der Waals surface area contributed by atoms with Crippen molar-refractivity contribution in [1.29, 1.82) is 0 Å². The molecule has 1 rings (SSSR count). The summed E-state index contributed by atoms with van der Waals surface area (Å²) >= 11 is 22.8. The molecule has 0 saturated carbocycles. The molecule has 1 amide bonds. The average Bonchev–Trinajstić information content (AvgIpc) is 2.48. The second kappa shape index (κ2) is 10.2. The van der Waals surface area contributed by atoms with Gasteiger partial charge in [-0.2, -0.15) is 0 Å². The number of halogens is 4. The van der Waals surface area contributed by atoms with Gasteiger partial charge < -0.3 is 16.0 Å². The van der Waals surface area contributed by atoms with Crippen molar-refractivity contribution in [2.75, 3.05) is 5.32 Å². The third kappa shape index (κ3) is 8.33. The lowest BCUT2D eigenvalue weighted by molar-refractivity contribution is -0.122. The Morgan fingerprint density at radius 1 is 1.21 bits per heavy atom. The maximum absolute atomic E-state index is 12.9. The summed E-state index contributed by atoms with van der Waals surface area (Å²) in [5.41, 5.74) is 0.561. The Labute approximate surface area is 161 Å². The molecule has 0 radical (unpaired) electrons. The highest BCUT2D eigenvalue weighted by Crippen LogP contribution is 2.29. The minimum absolute atomic E-state index is 0.131. The van der Waals surface area contributed by atoms with Crippen molar-refractivity contribution < 1.29 is 9.18 Å². The van der Waals surface area contributed by atoms with Gasteiger partial charge in [-0.05, 0) is 42.9 Å². The van der Waals surface area contributed by atoms with Gasteiger partial charge in [0.05, 0.1) is 0 Å². The normalized spacial score (nSPS) is 12.4. The molecule has 0 aliphatic rings. The Bertz CT molecular complexity index is 552. The number of hydrogen-bond donors (Lipinski definition) is 3. The maximum Gasteiger partial charge on any atom is 0.228 e. The lowest BCUT2D eigenvalue weighted by Crippen LogP contribution is -2.56. The van der Waals surface area contributed by atoms with Crippen LogP contribution in [-0.2, 0) is 4.79 Å². The molecule has 1 unspecified atom stereocenters. The van der Waals surface area contributed by atoms with E-state index in [0.717, 1.165) is 19.3 Å². The van der Waals surface area contributed by atoms with Crippen LogP contribution in [0.3, 0.4) is 0 Å². The Kier molecular flexibility index (Phi) is 9.05. The molecule has 0 bridgehead atoms. The first-order chi connectivity index (χ1) is 11.2. The molecule has 3 N–H and O–H groups in total. The Balaban J connectivity index is 2.60. The third-order valence-electron chi connectivity index (χ3n) is 3.02. The van der Waals surface area contributed by atoms with Gasteiger partial charge in [-0.15, -0.1) is 0 Å². The Morgan fingerprint density at radius 3 is 2.38 bits per heavy atom. The van der Waals surface area contributed by atoms with E-state index in [0.29, 0.717) is 12.1 Å². The van der Waals surface area contributed by atoms with Crippen LogP contribution in [0.5, 0.6) is 0 Å². The molecule has 134 valence electrons. The summed E-state index contributed by atoms with van der Waals surface area (Å²) < 4.78 is 11.1. The first kappa shape index (κ1) is 21.2. The molecule has 9 heteroatoms. The molecule has 1 aromatic rings. The van der Waals surface area contributed by atoms with Crippen molar-refractivity contribution >= 4 is 63.7 Å². The summed E-state index contributed by atoms with van der Waals surface area (Å²) in [5, 5.41) is 8.30. The summed E-state index contributed by atoms with van der Waals surface area (Å²) in [6.45, 7) is 2.04. The molecule has 4 nitrogen and oxygen atoms in total. The third-order valence-corrected chi connectivity index (χ3v) is 3.89. The average molecular weight is 415 g/mol. The zero-order chi connectivity index (χ0) is 18.2. The van der Waals surface area contributed by atoms with Crippen LogP contribution in [0.1, 0.15) is 32.6 Å². The van der Waals surface area contributed by atoms with Crippen LogP contribution in [0, 0.1) is 5.82 Å². The Hall–Kier alpha value is -0.820. The van der Waals surface area contributed by atoms with Crippen LogP contribution >= 0.6 is 47.0 Å². The van der Waals surface area contributed by atoms with E-state index in [1.165, 1.54) is 24.3 Å². The molecular formula is C15H19Cl3FN3OS. The van der Waals surface area contributed by atoms with Crippen LogP contribution in [0.15, 0.2) is 24.3 Å². The number of benzene rings is 1. The van der Waals surface area contributed by atoms with Crippen molar-refractivity contribution in [1.82, 2.24) is 10.6 Å². The van der Waals surface area contributed by atoms with Gasteiger partial charge in [0, 0.05) is 12.1 Å². The number of rotatable bonds is 7. The van der Waals surface area contributed by atoms with E-state index in [1.54, 1.807) is 0 Å². The Morgan fingerprint density at radius 2 is 1.83 bits per heavy atom. The fraction of sp³-hybridized carbons (Fsp3) is 0.467. The van der Waals surface area contributed by atoms with Crippen molar-refractivity contribution in [3.8, 4) is 0 Å². The number of hydrogen-bond acceptors (Lipinski definition) is 2. The number of amides is 1. The van der Waals surface area contributed by atoms with Crippen molar-refractivity contribution in [2.45, 2.75) is 42.6 Å². The molecule has 0 aromatic heterocycles. The van der Waals surface area contributed by atoms with Gasteiger partial charge in [0.25, 0.3) is 0 Å². The molecule has 0 saturated heterocycles. The van der Waals surface area contributed by atoms with E-state index in [9.17, 15) is 9.18 Å². The van der Waals surface area contributed by atoms with E-state index in [4.69, 9.17) is 47.0 Å². The predicted molar refractivity (Wildman–Crippen MR) is 102 cm³/mol. The number of thiocarbonyl (C=S) groups is 1. The van der Waals surface area contributed by atoms with Crippen LogP contribution in [0.2, 0.25) is 0 Å². The maximum atomic E-state index is 12.9. The van der Waals surface area contributed by atoms with Crippen molar-refractivity contribution in [2.24, 2.45) is 0 Å². The van der Waals surface area contributed by atoms with E-state index in [1.807, 2.05) is 6.92 Å². The number of carbonyl (C=O) groups is 1. The van der Waals surface area contributed by atoms with Gasteiger partial charge in [0.2, 0.25) is 9.70 Å². The minimum atomic E-state index is -1.80. The number of carbonyl (C=O) groups excluding carboxylic acids is 1. The van der Waals surface area contributed by atoms with Crippen LogP contribution in [0.25, 0.3) is 0 Å². The highest BCUT2D eigenvalue weighted by Gasteiger charge is 2.34. The smallest absolute Gasteiger partial charge is 0.228 e. The van der Waals surface area contributed by atoms with E-state index in [2.05, 4.69) is 16.0 Å². The van der Waals surface area contributed by atoms with Gasteiger partial charge in [0.15, 0.2) is 5.11 Å². The summed E-state index contributed by atoms with van der Waals surface area (Å²) in [5.74, 6) is -0.602. The van der Waals surface area contributed by atoms with E-state index >= 15 is 0 Å². The lowest BCUT2D eigenvalue weighted by atomic mass is 10.2. The molecule has 0 aliphatic heterocycles. The molecular weight excluding hydrogens is 396 g/mol.